The van der Waals surface area contributed by atoms with Crippen molar-refractivity contribution in [2.24, 2.45) is 0 Å². The van der Waals surface area contributed by atoms with E-state index < -0.39 is 23.5 Å². The molecule has 0 unspecified atom stereocenters. The van der Waals surface area contributed by atoms with Crippen molar-refractivity contribution in [1.82, 2.24) is 24.5 Å². The molecule has 11 aromatic rings. The quantitative estimate of drug-likeness (QED) is 0.142. The molecule has 11 rings (SSSR count). The first-order valence-corrected chi connectivity index (χ1v) is 22.3. The highest BCUT2D eigenvalue weighted by molar-refractivity contribution is 6.11. The van der Waals surface area contributed by atoms with E-state index in [9.17, 15) is 31.6 Å². The van der Waals surface area contributed by atoms with E-state index in [1.54, 1.807) is 24.3 Å². The highest BCUT2D eigenvalue weighted by Gasteiger charge is 2.37. The van der Waals surface area contributed by atoms with Gasteiger partial charge in [0.25, 0.3) is 0 Å². The maximum absolute atomic E-state index is 14.3. The molecule has 0 aliphatic carbocycles. The molecule has 0 N–H and O–H groups in total. The van der Waals surface area contributed by atoms with Crippen LogP contribution < -0.4 is 0 Å². The number of aromatic nitrogens is 5. The molecule has 0 aliphatic rings. The molecule has 0 saturated carbocycles. The minimum Gasteiger partial charge on any atom is -0.308 e. The van der Waals surface area contributed by atoms with Crippen molar-refractivity contribution in [2.45, 2.75) is 12.4 Å². The minimum absolute atomic E-state index is 0.0947. The summed E-state index contributed by atoms with van der Waals surface area (Å²) >= 11 is 0. The van der Waals surface area contributed by atoms with Crippen molar-refractivity contribution in [3.8, 4) is 90.7 Å². The molecule has 342 valence electrons. The molecule has 12 heteroatoms. The van der Waals surface area contributed by atoms with Crippen LogP contribution in [0.3, 0.4) is 0 Å². The summed E-state index contributed by atoms with van der Waals surface area (Å²) in [5.41, 5.74) is 4.81. The third kappa shape index (κ3) is 8.55. The third-order valence-electron chi connectivity index (χ3n) is 12.3. The number of halogens is 6. The summed E-state index contributed by atoms with van der Waals surface area (Å²) in [6, 6.07) is 61.6. The second kappa shape index (κ2) is 17.7. The zero-order valence-corrected chi connectivity index (χ0v) is 37.1. The van der Waals surface area contributed by atoms with Crippen molar-refractivity contribution in [3.05, 3.63) is 223 Å². The van der Waals surface area contributed by atoms with Gasteiger partial charge in [-0.1, -0.05) is 152 Å². The van der Waals surface area contributed by atoms with E-state index in [2.05, 4.69) is 6.07 Å². The summed E-state index contributed by atoms with van der Waals surface area (Å²) < 4.78 is 87.9. The first-order chi connectivity index (χ1) is 34.4. The Morgan fingerprint density at radius 2 is 0.761 bits per heavy atom. The van der Waals surface area contributed by atoms with Gasteiger partial charge in [0, 0.05) is 44.2 Å². The Kier molecular flexibility index (Phi) is 11.0. The van der Waals surface area contributed by atoms with E-state index in [4.69, 9.17) is 19.9 Å². The largest absolute Gasteiger partial charge is 0.416 e. The number of rotatable bonds is 8. The molecule has 0 saturated heterocycles. The number of fused-ring (bicyclic) bond motifs is 3. The standard InChI is InChI=1S/C59H34F6N6/c60-58(61,62)43-29-42(30-44(32-43)59(63,64)65)41-25-26-46-45-23-13-14-24-53(45)71(54(46)31-41)55-47(56-67-49(37-15-5-1-6-16-37)33-50(68-56)38-17-7-2-8-18-38)27-36(35-66)28-48(55)57-69-51(39-19-9-3-10-20-39)34-52(70-57)40-21-11-4-12-22-40/h1-34H. The average Bonchev–Trinajstić information content (AvgIpc) is 3.73. The SMILES string of the molecule is N#Cc1cc(-c2nc(-c3ccccc3)cc(-c3ccccc3)n2)c(-n2c3ccccc3c3ccc(-c4cc(C(F)(F)F)cc(C(F)(F)F)c4)cc32)c(-c2nc(-c3ccccc3)cc(-c3ccccc3)n2)c1. The lowest BCUT2D eigenvalue weighted by molar-refractivity contribution is -0.143. The maximum Gasteiger partial charge on any atom is 0.416 e. The summed E-state index contributed by atoms with van der Waals surface area (Å²) in [5.74, 6) is 0.437. The van der Waals surface area contributed by atoms with Gasteiger partial charge < -0.3 is 4.57 Å². The van der Waals surface area contributed by atoms with Gasteiger partial charge >= 0.3 is 12.4 Å². The minimum atomic E-state index is -5.07. The van der Waals surface area contributed by atoms with E-state index in [0.29, 0.717) is 56.0 Å². The summed E-state index contributed by atoms with van der Waals surface area (Å²) in [5, 5.41) is 12.3. The summed E-state index contributed by atoms with van der Waals surface area (Å²) in [6.07, 6.45) is -10.1. The van der Waals surface area contributed by atoms with E-state index in [1.165, 1.54) is 6.07 Å². The molecule has 0 aliphatic heterocycles. The topological polar surface area (TPSA) is 80.3 Å². The number of nitrogens with zero attached hydrogens (tertiary/aromatic N) is 6. The zero-order valence-electron chi connectivity index (χ0n) is 37.1. The molecule has 0 radical (unpaired) electrons. The number of para-hydroxylation sites is 1. The number of hydrogen-bond acceptors (Lipinski definition) is 5. The van der Waals surface area contributed by atoms with Gasteiger partial charge in [0.15, 0.2) is 11.6 Å². The van der Waals surface area contributed by atoms with Crippen molar-refractivity contribution in [1.29, 1.82) is 5.26 Å². The van der Waals surface area contributed by atoms with Gasteiger partial charge in [-0.25, -0.2) is 19.9 Å². The summed E-state index contributed by atoms with van der Waals surface area (Å²) in [7, 11) is 0. The van der Waals surface area contributed by atoms with Gasteiger partial charge in [-0.15, -0.1) is 0 Å². The molecule has 71 heavy (non-hydrogen) atoms. The second-order valence-corrected chi connectivity index (χ2v) is 16.8. The molecule has 3 aromatic heterocycles. The van der Waals surface area contributed by atoms with Crippen molar-refractivity contribution in [2.75, 3.05) is 0 Å². The van der Waals surface area contributed by atoms with Gasteiger partial charge in [-0.2, -0.15) is 31.6 Å². The highest BCUT2D eigenvalue weighted by atomic mass is 19.4. The smallest absolute Gasteiger partial charge is 0.308 e. The van der Waals surface area contributed by atoms with Crippen molar-refractivity contribution >= 4 is 21.8 Å². The first kappa shape index (κ1) is 44.3. The fraction of sp³-hybridized carbons (Fsp3) is 0.0339. The third-order valence-corrected chi connectivity index (χ3v) is 12.3. The van der Waals surface area contributed by atoms with Gasteiger partial charge in [-0.3, -0.25) is 0 Å². The predicted molar refractivity (Wildman–Crippen MR) is 265 cm³/mol. The van der Waals surface area contributed by atoms with Gasteiger partial charge in [0.1, 0.15) is 0 Å². The molecule has 0 amide bonds. The van der Waals surface area contributed by atoms with Gasteiger partial charge in [-0.05, 0) is 65.7 Å². The molecule has 0 bridgehead atoms. The number of hydrogen-bond donors (Lipinski definition) is 0. The summed E-state index contributed by atoms with van der Waals surface area (Å²) in [6.45, 7) is 0. The molecule has 3 heterocycles. The van der Waals surface area contributed by atoms with Crippen LogP contribution in [0.15, 0.2) is 206 Å². The molecular weight excluding hydrogens is 907 g/mol. The first-order valence-electron chi connectivity index (χ1n) is 22.3. The van der Waals surface area contributed by atoms with Crippen LogP contribution in [0.5, 0.6) is 0 Å². The van der Waals surface area contributed by atoms with Crippen LogP contribution in [0.2, 0.25) is 0 Å². The molecule has 0 spiro atoms. The van der Waals surface area contributed by atoms with Crippen molar-refractivity contribution in [3.63, 3.8) is 0 Å². The Balaban J connectivity index is 1.29. The van der Waals surface area contributed by atoms with E-state index in [-0.39, 0.29) is 34.4 Å². The molecule has 8 aromatic carbocycles. The van der Waals surface area contributed by atoms with Crippen LogP contribution in [0.1, 0.15) is 16.7 Å². The zero-order chi connectivity index (χ0) is 48.9. The fourth-order valence-electron chi connectivity index (χ4n) is 8.96. The van der Waals surface area contributed by atoms with Crippen LogP contribution in [0.25, 0.3) is 106 Å². The normalized spacial score (nSPS) is 11.8. The Hall–Kier alpha value is -9.21. The second-order valence-electron chi connectivity index (χ2n) is 16.8. The molecule has 0 atom stereocenters. The molecule has 6 nitrogen and oxygen atoms in total. The van der Waals surface area contributed by atoms with E-state index in [1.807, 2.05) is 162 Å². The van der Waals surface area contributed by atoms with Crippen LogP contribution in [-0.4, -0.2) is 24.5 Å². The predicted octanol–water partition coefficient (Wildman–Crippen LogP) is 15.9. The fourth-order valence-corrected chi connectivity index (χ4v) is 8.96. The van der Waals surface area contributed by atoms with E-state index >= 15 is 0 Å². The lowest BCUT2D eigenvalue weighted by atomic mass is 9.97. The molecule has 0 fully saturated rings. The van der Waals surface area contributed by atoms with Gasteiger partial charge in [0.2, 0.25) is 0 Å². The van der Waals surface area contributed by atoms with Crippen LogP contribution in [0.4, 0.5) is 26.3 Å². The Morgan fingerprint density at radius 1 is 0.366 bits per heavy atom. The monoisotopic (exact) mass is 940 g/mol. The number of alkyl halides is 6. The van der Waals surface area contributed by atoms with Crippen LogP contribution >= 0.6 is 0 Å². The summed E-state index contributed by atoms with van der Waals surface area (Å²) in [4.78, 5) is 20.9. The number of benzene rings is 8. The Bertz CT molecular complexity index is 3550. The highest BCUT2D eigenvalue weighted by Crippen LogP contribution is 2.45. The van der Waals surface area contributed by atoms with E-state index in [0.717, 1.165) is 39.8 Å². The van der Waals surface area contributed by atoms with Crippen molar-refractivity contribution < 1.29 is 26.3 Å². The Morgan fingerprint density at radius 3 is 1.17 bits per heavy atom. The molecular formula is C59H34F6N6. The maximum atomic E-state index is 14.3. The van der Waals surface area contributed by atoms with Crippen LogP contribution in [0, 0.1) is 11.3 Å². The van der Waals surface area contributed by atoms with Gasteiger partial charge in [0.05, 0.1) is 62.3 Å². The Labute approximate surface area is 402 Å². The lowest BCUT2D eigenvalue weighted by Crippen LogP contribution is -2.11. The number of nitriles is 1. The van der Waals surface area contributed by atoms with Crippen LogP contribution in [-0.2, 0) is 12.4 Å². The average molecular weight is 941 g/mol. The lowest BCUT2D eigenvalue weighted by Gasteiger charge is -2.20.